The number of rotatable bonds is 4. The number of sulfonamides is 1. The topological polar surface area (TPSA) is 72.2 Å². The molecule has 0 aliphatic heterocycles. The summed E-state index contributed by atoms with van der Waals surface area (Å²) in [5, 5.41) is 0. The average Bonchev–Trinajstić information content (AvgIpc) is 2.74. The first-order valence-corrected chi connectivity index (χ1v) is 7.91. The highest BCUT2D eigenvalue weighted by Gasteiger charge is 2.28. The SMILES string of the molecule is CC1CCC(NS(=O)(=O)c2cc(CN)ccc2F)C1. The maximum absolute atomic E-state index is 13.7. The number of hydrogen-bond donors (Lipinski definition) is 2. The second kappa shape index (κ2) is 5.56. The molecule has 4 nitrogen and oxygen atoms in total. The third-order valence-corrected chi connectivity index (χ3v) is 5.07. The minimum atomic E-state index is -3.81. The first-order valence-electron chi connectivity index (χ1n) is 6.43. The Labute approximate surface area is 113 Å². The van der Waals surface area contributed by atoms with Crippen LogP contribution in [0.3, 0.4) is 0 Å². The Morgan fingerprint density at radius 2 is 2.16 bits per heavy atom. The molecule has 1 fully saturated rings. The van der Waals surface area contributed by atoms with Gasteiger partial charge in [0, 0.05) is 12.6 Å². The smallest absolute Gasteiger partial charge is 0.243 e. The van der Waals surface area contributed by atoms with Crippen LogP contribution in [0.25, 0.3) is 0 Å². The van der Waals surface area contributed by atoms with E-state index in [1.807, 2.05) is 0 Å². The zero-order valence-corrected chi connectivity index (χ0v) is 11.7. The lowest BCUT2D eigenvalue weighted by molar-refractivity contribution is 0.527. The van der Waals surface area contributed by atoms with Crippen molar-refractivity contribution >= 4 is 10.0 Å². The van der Waals surface area contributed by atoms with E-state index in [1.165, 1.54) is 12.1 Å². The molecule has 0 spiro atoms. The van der Waals surface area contributed by atoms with Crippen LogP contribution in [0.15, 0.2) is 23.1 Å². The van der Waals surface area contributed by atoms with Crippen LogP contribution in [0.1, 0.15) is 31.7 Å². The summed E-state index contributed by atoms with van der Waals surface area (Å²) < 4.78 is 40.7. The predicted octanol–water partition coefficient (Wildman–Crippen LogP) is 1.75. The van der Waals surface area contributed by atoms with Crippen LogP contribution in [0.4, 0.5) is 4.39 Å². The lowest BCUT2D eigenvalue weighted by atomic mass is 10.1. The van der Waals surface area contributed by atoms with Gasteiger partial charge in [0.1, 0.15) is 10.7 Å². The third kappa shape index (κ3) is 3.32. The van der Waals surface area contributed by atoms with E-state index in [4.69, 9.17) is 5.73 Å². The number of halogens is 1. The molecule has 1 aliphatic carbocycles. The highest BCUT2D eigenvalue weighted by Crippen LogP contribution is 2.26. The second-order valence-electron chi connectivity index (χ2n) is 5.21. The zero-order valence-electron chi connectivity index (χ0n) is 10.9. The van der Waals surface area contributed by atoms with Gasteiger partial charge in [-0.05, 0) is 42.9 Å². The maximum atomic E-state index is 13.7. The molecule has 1 aliphatic rings. The first kappa shape index (κ1) is 14.4. The summed E-state index contributed by atoms with van der Waals surface area (Å²) in [6.45, 7) is 2.27. The van der Waals surface area contributed by atoms with Gasteiger partial charge in [0.05, 0.1) is 0 Å². The molecule has 0 aromatic heterocycles. The van der Waals surface area contributed by atoms with E-state index in [9.17, 15) is 12.8 Å². The van der Waals surface area contributed by atoms with Crippen molar-refractivity contribution in [3.63, 3.8) is 0 Å². The first-order chi connectivity index (χ1) is 8.92. The summed E-state index contributed by atoms with van der Waals surface area (Å²) in [6.07, 6.45) is 2.61. The fraction of sp³-hybridized carbons (Fsp3) is 0.538. The Balaban J connectivity index is 2.24. The molecule has 2 atom stereocenters. The summed E-state index contributed by atoms with van der Waals surface area (Å²) in [7, 11) is -3.81. The van der Waals surface area contributed by atoms with Gasteiger partial charge in [0.2, 0.25) is 10.0 Å². The normalized spacial score (nSPS) is 23.7. The molecule has 0 saturated heterocycles. The van der Waals surface area contributed by atoms with E-state index in [2.05, 4.69) is 11.6 Å². The van der Waals surface area contributed by atoms with Crippen LogP contribution in [0, 0.1) is 11.7 Å². The maximum Gasteiger partial charge on any atom is 0.243 e. The molecule has 3 N–H and O–H groups in total. The van der Waals surface area contributed by atoms with E-state index >= 15 is 0 Å². The fourth-order valence-electron chi connectivity index (χ4n) is 2.48. The van der Waals surface area contributed by atoms with Crippen LogP contribution in [-0.4, -0.2) is 14.5 Å². The summed E-state index contributed by atoms with van der Waals surface area (Å²) in [6, 6.07) is 3.84. The van der Waals surface area contributed by atoms with E-state index in [-0.39, 0.29) is 17.5 Å². The van der Waals surface area contributed by atoms with Gasteiger partial charge >= 0.3 is 0 Å². The van der Waals surface area contributed by atoms with Crippen molar-refractivity contribution in [1.82, 2.24) is 4.72 Å². The second-order valence-corrected chi connectivity index (χ2v) is 6.89. The van der Waals surface area contributed by atoms with Crippen LogP contribution in [0.2, 0.25) is 0 Å². The Hall–Kier alpha value is -0.980. The van der Waals surface area contributed by atoms with Gasteiger partial charge in [-0.2, -0.15) is 0 Å². The van der Waals surface area contributed by atoms with E-state index in [0.29, 0.717) is 11.5 Å². The highest BCUT2D eigenvalue weighted by molar-refractivity contribution is 7.89. The predicted molar refractivity (Wildman–Crippen MR) is 71.4 cm³/mol. The third-order valence-electron chi connectivity index (χ3n) is 3.54. The zero-order chi connectivity index (χ0) is 14.0. The van der Waals surface area contributed by atoms with Crippen molar-refractivity contribution in [2.45, 2.75) is 43.7 Å². The largest absolute Gasteiger partial charge is 0.326 e. The van der Waals surface area contributed by atoms with Gasteiger partial charge in [-0.15, -0.1) is 0 Å². The van der Waals surface area contributed by atoms with Crippen molar-refractivity contribution < 1.29 is 12.8 Å². The number of nitrogens with one attached hydrogen (secondary N) is 1. The van der Waals surface area contributed by atoms with Gasteiger partial charge in [-0.1, -0.05) is 13.0 Å². The molecule has 2 rings (SSSR count). The quantitative estimate of drug-likeness (QED) is 0.885. The van der Waals surface area contributed by atoms with Gasteiger partial charge in [0.25, 0.3) is 0 Å². The minimum Gasteiger partial charge on any atom is -0.326 e. The molecule has 6 heteroatoms. The van der Waals surface area contributed by atoms with Crippen molar-refractivity contribution in [2.75, 3.05) is 0 Å². The van der Waals surface area contributed by atoms with Crippen molar-refractivity contribution in [2.24, 2.45) is 11.7 Å². The average molecular weight is 286 g/mol. The molecular weight excluding hydrogens is 267 g/mol. The lowest BCUT2D eigenvalue weighted by Gasteiger charge is -2.14. The Morgan fingerprint density at radius 1 is 1.42 bits per heavy atom. The van der Waals surface area contributed by atoms with Gasteiger partial charge in [-0.3, -0.25) is 0 Å². The fourth-order valence-corrected chi connectivity index (χ4v) is 3.89. The number of benzene rings is 1. The van der Waals surface area contributed by atoms with E-state index in [0.717, 1.165) is 25.3 Å². The van der Waals surface area contributed by atoms with Gasteiger partial charge < -0.3 is 5.73 Å². The molecule has 19 heavy (non-hydrogen) atoms. The molecule has 106 valence electrons. The van der Waals surface area contributed by atoms with Crippen molar-refractivity contribution in [3.05, 3.63) is 29.6 Å². The molecule has 1 aromatic carbocycles. The summed E-state index contributed by atoms with van der Waals surface area (Å²) in [4.78, 5) is -0.310. The number of nitrogens with two attached hydrogens (primary N) is 1. The molecular formula is C13H19FN2O2S. The summed E-state index contributed by atoms with van der Waals surface area (Å²) in [5.74, 6) is -0.233. The van der Waals surface area contributed by atoms with Crippen LogP contribution < -0.4 is 10.5 Å². The van der Waals surface area contributed by atoms with Gasteiger partial charge in [-0.25, -0.2) is 17.5 Å². The molecule has 1 saturated carbocycles. The molecule has 0 heterocycles. The van der Waals surface area contributed by atoms with Crippen LogP contribution in [0.5, 0.6) is 0 Å². The van der Waals surface area contributed by atoms with E-state index < -0.39 is 15.8 Å². The lowest BCUT2D eigenvalue weighted by Crippen LogP contribution is -2.33. The molecule has 0 radical (unpaired) electrons. The molecule has 2 unspecified atom stereocenters. The van der Waals surface area contributed by atoms with Gasteiger partial charge in [0.15, 0.2) is 0 Å². The number of hydrogen-bond acceptors (Lipinski definition) is 3. The minimum absolute atomic E-state index is 0.0964. The molecule has 1 aromatic rings. The summed E-state index contributed by atoms with van der Waals surface area (Å²) in [5.41, 5.74) is 6.05. The van der Waals surface area contributed by atoms with Crippen molar-refractivity contribution in [1.29, 1.82) is 0 Å². The Bertz CT molecular complexity index is 560. The van der Waals surface area contributed by atoms with Crippen molar-refractivity contribution in [3.8, 4) is 0 Å². The van der Waals surface area contributed by atoms with Crippen LogP contribution in [-0.2, 0) is 16.6 Å². The Kier molecular flexibility index (Phi) is 4.23. The standard InChI is InChI=1S/C13H19FN2O2S/c1-9-2-4-11(6-9)16-19(17,18)13-7-10(8-15)3-5-12(13)14/h3,5,7,9,11,16H,2,4,6,8,15H2,1H3. The molecule has 0 bridgehead atoms. The van der Waals surface area contributed by atoms with Crippen LogP contribution >= 0.6 is 0 Å². The molecule has 0 amide bonds. The van der Waals surface area contributed by atoms with E-state index in [1.54, 1.807) is 0 Å². The highest BCUT2D eigenvalue weighted by atomic mass is 32.2. The Morgan fingerprint density at radius 3 is 2.74 bits per heavy atom. The monoisotopic (exact) mass is 286 g/mol. The summed E-state index contributed by atoms with van der Waals surface area (Å²) >= 11 is 0.